The predicted molar refractivity (Wildman–Crippen MR) is 538 cm³/mol. The van der Waals surface area contributed by atoms with Crippen molar-refractivity contribution in [1.82, 2.24) is 41.6 Å². The molecule has 0 unspecified atom stereocenters. The number of carbonyl (C=O) groups excluding carboxylic acids is 4. The Labute approximate surface area is 807 Å². The Kier molecular flexibility index (Phi) is 30.3. The summed E-state index contributed by atoms with van der Waals surface area (Å²) < 4.78 is 92.6. The molecule has 20 rings (SSSR count). The number of hydrogen-bond donors (Lipinski definition) is 2. The third-order valence-electron chi connectivity index (χ3n) is 24.1. The Morgan fingerprint density at radius 1 is 0.471 bits per heavy atom. The van der Waals surface area contributed by atoms with Crippen molar-refractivity contribution in [1.29, 1.82) is 0 Å². The fourth-order valence-corrected chi connectivity index (χ4v) is 20.3. The summed E-state index contributed by atoms with van der Waals surface area (Å²) in [5, 5.41) is 1.31. The van der Waals surface area contributed by atoms with Gasteiger partial charge in [0.05, 0.1) is 73.9 Å². The minimum atomic E-state index is -4.27. The average molecular weight is 2000 g/mol. The first-order valence-electron chi connectivity index (χ1n) is 43.7. The van der Waals surface area contributed by atoms with Gasteiger partial charge in [0.1, 0.15) is 16.9 Å². The maximum absolute atomic E-state index is 14.8. The standard InChI is InChI=1S/C37H32N4O5S.C29H24IN3O4S.C17H16N4O3.C14H20BNO3.C4H5ClO.2CH4/c1-46-37(43)32-22-38-36(39(23-26-11-5-2-6-12-26)24-27-13-7-3-8-14-27)35-31(32)21-33(28-17-20-34(42)40(25-28)29-18-19-29)41(35)47(44,45)30-15-9-4-10-16-30;1-37-29(34)25-18-31-28(32(19-21-11-5-2-6-12-21)20-22-13-7-3-8-14-22)27-24(25)17-26(30)33(27)38(35,36)23-15-9-4-10-16-23;1-24-17(23)12-7-19-16(18)15-11(12)6-13(20-15)9-2-5-14(22)21(8-9)10-3-4-10;1-13(2)14(3,4)19-15(18-13)10-5-8-12(17)16(9-10)11-6-7-11;5-4(6)3-1-2-3;;/h2-17,20-22,25,29H,18-19,23-24H2,1H3;2-18H,19-20H2,1H3;2,5-8,10,20H,3-4H2,1H3,(H2,18,19);5,8-9,11H,6-7H2,1-4H3;3H,1-2H2;2*1H4. The Morgan fingerprint density at radius 2 is 0.824 bits per heavy atom. The van der Waals surface area contributed by atoms with Crippen LogP contribution < -0.4 is 37.7 Å². The first-order valence-corrected chi connectivity index (χ1v) is 48.0. The number of aromatic amines is 1. The van der Waals surface area contributed by atoms with Crippen LogP contribution in [-0.2, 0) is 74.5 Å². The third kappa shape index (κ3) is 21.8. The number of carbonyl (C=O) groups is 4. The Hall–Kier alpha value is -13.4. The minimum Gasteiger partial charge on any atom is -0.465 e. The summed E-state index contributed by atoms with van der Waals surface area (Å²) in [6.45, 7) is 9.90. The van der Waals surface area contributed by atoms with Crippen molar-refractivity contribution in [2.75, 3.05) is 36.9 Å². The van der Waals surface area contributed by atoms with Crippen LogP contribution in [0.3, 0.4) is 0 Å². The van der Waals surface area contributed by atoms with E-state index in [2.05, 4.69) is 15.0 Å². The number of nitrogen functional groups attached to an aromatic ring is 1. The van der Waals surface area contributed by atoms with E-state index in [1.54, 1.807) is 117 Å². The fourth-order valence-electron chi connectivity index (χ4n) is 15.8. The van der Waals surface area contributed by atoms with E-state index in [0.717, 1.165) is 90.3 Å². The zero-order valence-corrected chi connectivity index (χ0v) is 79.1. The van der Waals surface area contributed by atoms with Gasteiger partial charge < -0.3 is 57.7 Å². The van der Waals surface area contributed by atoms with E-state index in [1.165, 1.54) is 53.9 Å². The highest BCUT2D eigenvalue weighted by Gasteiger charge is 2.52. The van der Waals surface area contributed by atoms with Crippen molar-refractivity contribution in [2.24, 2.45) is 5.92 Å². The minimum absolute atomic E-state index is 0. The summed E-state index contributed by atoms with van der Waals surface area (Å²) in [4.78, 5) is 105. The number of ether oxygens (including phenoxy) is 3. The number of aromatic nitrogens is 9. The average Bonchev–Trinajstić information content (AvgIpc) is 1.57. The summed E-state index contributed by atoms with van der Waals surface area (Å²) in [5.41, 5.74) is 14.4. The van der Waals surface area contributed by atoms with Gasteiger partial charge in [0.25, 0.3) is 36.7 Å². The molecule has 5 aliphatic rings. The normalized spacial score (nSPS) is 14.6. The second-order valence-electron chi connectivity index (χ2n) is 34.2. The molecule has 0 radical (unpaired) electrons. The number of nitrogens with two attached hydrogens (primary N) is 1. The molecule has 0 bridgehead atoms. The molecule has 0 atom stereocenters. The molecule has 0 spiro atoms. The summed E-state index contributed by atoms with van der Waals surface area (Å²) in [6, 6.07) is 71.7. The number of benzene rings is 6. The van der Waals surface area contributed by atoms with Crippen molar-refractivity contribution in [2.45, 2.75) is 159 Å². The fraction of sp³-hybridized carbons (Fsp3) is 0.262. The molecule has 1 aliphatic heterocycles. The number of hydrogen-bond acceptors (Lipinski definition) is 22. The molecule has 702 valence electrons. The monoisotopic (exact) mass is 2000 g/mol. The van der Waals surface area contributed by atoms with Crippen molar-refractivity contribution in [3.05, 3.63) is 347 Å². The number of rotatable bonds is 24. The van der Waals surface area contributed by atoms with Crippen LogP contribution in [0.2, 0.25) is 0 Å². The molecule has 136 heavy (non-hydrogen) atoms. The lowest BCUT2D eigenvalue weighted by molar-refractivity contribution is -0.112. The van der Waals surface area contributed by atoms with Gasteiger partial charge in [-0.3, -0.25) is 19.2 Å². The van der Waals surface area contributed by atoms with Crippen LogP contribution in [0.25, 0.3) is 55.2 Å². The zero-order chi connectivity index (χ0) is 94.5. The largest absolute Gasteiger partial charge is 0.496 e. The topological polar surface area (TPSA) is 346 Å². The van der Waals surface area contributed by atoms with Gasteiger partial charge in [0, 0.05) is 139 Å². The van der Waals surface area contributed by atoms with Crippen molar-refractivity contribution in [3.8, 4) is 22.5 Å². The molecule has 5 fully saturated rings. The number of esters is 3. The highest BCUT2D eigenvalue weighted by molar-refractivity contribution is 14.1. The molecular formula is C103H105BClIN12O16S2. The van der Waals surface area contributed by atoms with Crippen LogP contribution >= 0.6 is 34.2 Å². The molecular weight excluding hydrogens is 1900 g/mol. The third-order valence-corrected chi connectivity index (χ3v) is 29.0. The number of nitrogens with zero attached hydrogens (tertiary/aromatic N) is 10. The summed E-state index contributed by atoms with van der Waals surface area (Å²) >= 11 is 7.03. The van der Waals surface area contributed by atoms with E-state index < -0.39 is 45.1 Å². The van der Waals surface area contributed by atoms with Gasteiger partial charge in [-0.05, 0) is 196 Å². The molecule has 28 nitrogen and oxygen atoms in total. The number of fused-ring (bicyclic) bond motifs is 3. The van der Waals surface area contributed by atoms with Crippen molar-refractivity contribution in [3.63, 3.8) is 0 Å². The van der Waals surface area contributed by atoms with Crippen molar-refractivity contribution >= 4 is 140 Å². The van der Waals surface area contributed by atoms with E-state index in [9.17, 15) is 50.4 Å². The van der Waals surface area contributed by atoms with E-state index in [0.29, 0.717) is 103 Å². The molecule has 4 aliphatic carbocycles. The van der Waals surface area contributed by atoms with Gasteiger partial charge >= 0.3 is 25.0 Å². The summed E-state index contributed by atoms with van der Waals surface area (Å²) in [7, 11) is -4.78. The molecule has 4 saturated carbocycles. The second-order valence-corrected chi connectivity index (χ2v) is 39.3. The van der Waals surface area contributed by atoms with E-state index in [4.69, 9.17) is 45.8 Å². The predicted octanol–water partition coefficient (Wildman–Crippen LogP) is 18.3. The van der Waals surface area contributed by atoms with E-state index >= 15 is 0 Å². The van der Waals surface area contributed by atoms with Crippen LogP contribution in [0.5, 0.6) is 0 Å². The molecule has 0 amide bonds. The number of pyridine rings is 6. The maximum Gasteiger partial charge on any atom is 0.496 e. The number of nitrogens with one attached hydrogen (secondary N) is 1. The molecule has 6 aromatic carbocycles. The lowest BCUT2D eigenvalue weighted by Gasteiger charge is -2.32. The summed E-state index contributed by atoms with van der Waals surface area (Å²) in [6.07, 6.45) is 17.8. The quantitative estimate of drug-likeness (QED) is 0.0186. The molecule has 1 saturated heterocycles. The van der Waals surface area contributed by atoms with Crippen LogP contribution in [0.4, 0.5) is 17.5 Å². The second kappa shape index (κ2) is 41.9. The number of halogens is 2. The van der Waals surface area contributed by atoms with E-state index in [1.807, 2.05) is 206 Å². The SMILES string of the molecule is C.C.CC1(C)OB(c2ccc(=O)n(C3CC3)c2)OC1(C)C.COC(=O)c1cnc(N(Cc2ccccc2)Cc2ccccc2)c2c1cc(-c1ccc(=O)n(C3CC3)c1)n2S(=O)(=O)c1ccccc1.COC(=O)c1cnc(N(Cc2ccccc2)Cc2ccccc2)c2c1cc(I)n2S(=O)(=O)c1ccccc1.COC(=O)c1cnc(N)c2[nH]c(-c3ccc(=O)n(C4CC4)c3)cc12.O=C(Cl)C1CC1. The summed E-state index contributed by atoms with van der Waals surface area (Å²) in [5.74, 6) is -0.343. The number of anilines is 3. The van der Waals surface area contributed by atoms with Gasteiger partial charge in [0.2, 0.25) is 5.24 Å². The zero-order valence-electron chi connectivity index (χ0n) is 74.5. The Morgan fingerprint density at radius 3 is 1.21 bits per heavy atom. The molecule has 33 heteroatoms. The molecule has 15 aromatic rings. The van der Waals surface area contributed by atoms with Crippen LogP contribution in [0, 0.1) is 9.62 Å². The van der Waals surface area contributed by atoms with Gasteiger partial charge in [-0.2, -0.15) is 0 Å². The van der Waals surface area contributed by atoms with Gasteiger partial charge in [0.15, 0.2) is 11.6 Å². The Balaban J connectivity index is 0.000000148. The highest BCUT2D eigenvalue weighted by atomic mass is 127. The molecule has 10 heterocycles. The first-order chi connectivity index (χ1) is 64.4. The van der Waals surface area contributed by atoms with Crippen molar-refractivity contribution < 1.29 is 59.5 Å². The van der Waals surface area contributed by atoms with Crippen LogP contribution in [0.15, 0.2) is 298 Å². The van der Waals surface area contributed by atoms with E-state index in [-0.39, 0.29) is 86.4 Å². The smallest absolute Gasteiger partial charge is 0.465 e. The first kappa shape index (κ1) is 98.6. The highest BCUT2D eigenvalue weighted by Crippen LogP contribution is 2.44. The van der Waals surface area contributed by atoms with Gasteiger partial charge in [-0.1, -0.05) is 179 Å². The van der Waals surface area contributed by atoms with Gasteiger partial charge in [-0.15, -0.1) is 0 Å². The number of H-pyrrole nitrogens is 1. The lowest BCUT2D eigenvalue weighted by Crippen LogP contribution is -2.41. The maximum atomic E-state index is 14.8. The van der Waals surface area contributed by atoms with Crippen LogP contribution in [0.1, 0.15) is 165 Å². The van der Waals surface area contributed by atoms with Crippen LogP contribution in [-0.4, -0.2) is 121 Å². The molecule has 9 aromatic heterocycles. The molecule has 3 N–H and O–H groups in total. The Bertz CT molecular complexity index is 7240. The van der Waals surface area contributed by atoms with Gasteiger partial charge in [-0.25, -0.2) is 54.1 Å². The number of methoxy groups -OCH3 is 3. The lowest BCUT2D eigenvalue weighted by atomic mass is 9.80.